The summed E-state index contributed by atoms with van der Waals surface area (Å²) in [5.41, 5.74) is 0.729. The summed E-state index contributed by atoms with van der Waals surface area (Å²) in [4.78, 5) is 58.3. The van der Waals surface area contributed by atoms with E-state index >= 15 is 0 Å². The smallest absolute Gasteiger partial charge is 0.252 e. The molecule has 0 aromatic heterocycles. The highest BCUT2D eigenvalue weighted by Crippen LogP contribution is 2.36. The molecule has 4 aromatic carbocycles. The lowest BCUT2D eigenvalue weighted by molar-refractivity contribution is 0.100. The molecule has 2 aliphatic rings. The van der Waals surface area contributed by atoms with Crippen LogP contribution < -0.4 is 0 Å². The van der Waals surface area contributed by atoms with Crippen LogP contribution in [-0.2, 0) is 19.7 Å². The molecule has 51 heavy (non-hydrogen) atoms. The van der Waals surface area contributed by atoms with Crippen LogP contribution in [0.1, 0.15) is 132 Å². The van der Waals surface area contributed by atoms with Gasteiger partial charge in [0.05, 0.1) is 19.6 Å². The Morgan fingerprint density at radius 3 is 1.10 bits per heavy atom. The van der Waals surface area contributed by atoms with Crippen molar-refractivity contribution in [2.75, 3.05) is 0 Å². The van der Waals surface area contributed by atoms with E-state index in [1.54, 1.807) is 12.1 Å². The molecule has 0 N–H and O–H groups in total. The predicted molar refractivity (Wildman–Crippen MR) is 199 cm³/mol. The normalized spacial score (nSPS) is 13.2. The van der Waals surface area contributed by atoms with Crippen molar-refractivity contribution < 1.29 is 40.8 Å². The van der Waals surface area contributed by atoms with Crippen LogP contribution in [0.2, 0.25) is 0 Å². The maximum Gasteiger partial charge on any atom is 0.252 e. The van der Waals surface area contributed by atoms with E-state index in [9.17, 15) is 40.8 Å². The number of sulfone groups is 2. The fraction of sp³-hybridized carbons (Fsp3) is 0.256. The molecule has 2 aliphatic heterocycles. The van der Waals surface area contributed by atoms with Crippen molar-refractivity contribution in [3.05, 3.63) is 118 Å². The first-order chi connectivity index (χ1) is 24.2. The summed E-state index contributed by atoms with van der Waals surface area (Å²) in [6.45, 7) is 18.7. The molecule has 2 heterocycles. The monoisotopic (exact) mass is 754 g/mol. The van der Waals surface area contributed by atoms with Crippen molar-refractivity contribution in [1.82, 2.24) is 0 Å². The zero-order valence-electron chi connectivity index (χ0n) is 30.4. The Morgan fingerprint density at radius 2 is 0.745 bits per heavy atom. The molecule has 0 saturated carbocycles. The number of fused-ring (bicyclic) bond motifs is 4. The Morgan fingerprint density at radius 1 is 0.451 bits per heavy atom. The minimum atomic E-state index is -4.03. The van der Waals surface area contributed by atoms with E-state index in [-0.39, 0.29) is 75.9 Å². The molecule has 0 aliphatic carbocycles. The van der Waals surface area contributed by atoms with Crippen LogP contribution in [-0.4, -0.2) is 45.2 Å². The highest BCUT2D eigenvalue weighted by molar-refractivity contribution is 7.92. The van der Waals surface area contributed by atoms with E-state index in [1.807, 2.05) is 55.4 Å². The maximum atomic E-state index is 12.8. The van der Waals surface area contributed by atoms with E-state index in [0.717, 1.165) is 6.07 Å². The van der Waals surface area contributed by atoms with Gasteiger partial charge in [-0.05, 0) is 80.0 Å². The highest BCUT2D eigenvalue weighted by Gasteiger charge is 2.36. The Labute approximate surface area is 305 Å². The average molecular weight is 755 g/mol. The maximum absolute atomic E-state index is 12.8. The minimum Gasteiger partial charge on any atom is -0.295 e. The van der Waals surface area contributed by atoms with Gasteiger partial charge in [-0.2, -0.15) is 0 Å². The lowest BCUT2D eigenvalue weighted by Gasteiger charge is -2.19. The van der Waals surface area contributed by atoms with Gasteiger partial charge in [0.25, 0.3) is 5.24 Å². The van der Waals surface area contributed by atoms with Gasteiger partial charge in [0.1, 0.15) is 0 Å². The molecule has 9 nitrogen and oxygen atoms in total. The molecule has 12 heteroatoms. The van der Waals surface area contributed by atoms with Crippen molar-refractivity contribution in [3.8, 4) is 0 Å². The van der Waals surface area contributed by atoms with E-state index in [1.165, 1.54) is 74.5 Å². The molecule has 6 rings (SSSR count). The second-order valence-electron chi connectivity index (χ2n) is 9.68. The lowest BCUT2D eigenvalue weighted by Crippen LogP contribution is -2.21. The third-order valence-electron chi connectivity index (χ3n) is 7.01. The summed E-state index contributed by atoms with van der Waals surface area (Å²) in [6.07, 6.45) is 0. The van der Waals surface area contributed by atoms with Gasteiger partial charge in [0.2, 0.25) is 19.7 Å². The molecular formula is C39H43ClO9S2. The Hall–Kier alpha value is -4.58. The van der Waals surface area contributed by atoms with Gasteiger partial charge in [-0.1, -0.05) is 79.7 Å². The number of hydrogen-bond acceptors (Lipinski definition) is 9. The van der Waals surface area contributed by atoms with Gasteiger partial charge in [0.15, 0.2) is 23.1 Å². The lowest BCUT2D eigenvalue weighted by atomic mass is 9.99. The van der Waals surface area contributed by atoms with Crippen molar-refractivity contribution in [2.45, 2.75) is 88.8 Å². The minimum absolute atomic E-state index is 0.00166. The second-order valence-corrected chi connectivity index (χ2v) is 13.8. The quantitative estimate of drug-likeness (QED) is 0.127. The molecule has 0 bridgehead atoms. The molecule has 0 unspecified atom stereocenters. The zero-order valence-corrected chi connectivity index (χ0v) is 32.8. The van der Waals surface area contributed by atoms with Crippen molar-refractivity contribution in [3.63, 3.8) is 0 Å². The fourth-order valence-electron chi connectivity index (χ4n) is 4.77. The first-order valence-corrected chi connectivity index (χ1v) is 19.8. The van der Waals surface area contributed by atoms with E-state index < -0.39 is 30.7 Å². The number of benzene rings is 4. The average Bonchev–Trinajstić information content (AvgIpc) is 3.16. The second kappa shape index (κ2) is 19.1. The number of rotatable bonds is 3. The van der Waals surface area contributed by atoms with Gasteiger partial charge in [-0.25, -0.2) is 16.8 Å². The Balaban J connectivity index is 0.000000429. The van der Waals surface area contributed by atoms with Gasteiger partial charge < -0.3 is 0 Å². The van der Waals surface area contributed by atoms with Crippen LogP contribution in [0.3, 0.4) is 0 Å². The number of halogens is 1. The number of carbonyl (C=O) groups is 5. The van der Waals surface area contributed by atoms with Crippen LogP contribution in [0.15, 0.2) is 98.4 Å². The fourth-order valence-corrected chi connectivity index (χ4v) is 8.27. The molecular weight excluding hydrogens is 712 g/mol. The number of Topliss-reactive ketones (excluding diaryl/α,β-unsaturated/α-hetero) is 2. The first-order valence-electron chi connectivity index (χ1n) is 16.5. The molecule has 0 atom stereocenters. The highest BCUT2D eigenvalue weighted by atomic mass is 35.5. The largest absolute Gasteiger partial charge is 0.295 e. The number of carbonyl (C=O) groups excluding carboxylic acids is 5. The van der Waals surface area contributed by atoms with Crippen LogP contribution in [0.25, 0.3) is 0 Å². The topological polar surface area (TPSA) is 154 Å². The third-order valence-corrected chi connectivity index (χ3v) is 10.9. The molecule has 0 radical (unpaired) electrons. The third kappa shape index (κ3) is 9.02. The molecule has 4 aromatic rings. The first kappa shape index (κ1) is 44.4. The van der Waals surface area contributed by atoms with Crippen LogP contribution >= 0.6 is 11.6 Å². The van der Waals surface area contributed by atoms with E-state index in [4.69, 9.17) is 11.6 Å². The van der Waals surface area contributed by atoms with Crippen molar-refractivity contribution in [2.24, 2.45) is 0 Å². The summed E-state index contributed by atoms with van der Waals surface area (Å²) in [7, 11) is -7.79. The summed E-state index contributed by atoms with van der Waals surface area (Å²) in [5.74, 6) is -1.37. The van der Waals surface area contributed by atoms with Crippen molar-refractivity contribution >= 4 is 59.7 Å². The molecule has 0 amide bonds. The predicted octanol–water partition coefficient (Wildman–Crippen LogP) is 9.02. The van der Waals surface area contributed by atoms with Crippen LogP contribution in [0, 0.1) is 0 Å². The Kier molecular flexibility index (Phi) is 16.7. The summed E-state index contributed by atoms with van der Waals surface area (Å²) in [6, 6.07) is 17.8. The molecule has 0 fully saturated rings. The van der Waals surface area contributed by atoms with Gasteiger partial charge in [-0.3, -0.25) is 24.0 Å². The van der Waals surface area contributed by atoms with Crippen LogP contribution in [0.4, 0.5) is 0 Å². The van der Waals surface area contributed by atoms with Gasteiger partial charge >= 0.3 is 0 Å². The molecule has 0 spiro atoms. The SMILES string of the molecule is CC.CC.CC.CC.CC(=O)c1ccc2c(c1)S(=O)(=O)c1cc(C(=O)Cl)ccc1C2=O.CC(=O)c1ccc2c(c1)S(=O)(=O)c1ccccc1C2=O. The summed E-state index contributed by atoms with van der Waals surface area (Å²) >= 11 is 5.38. The summed E-state index contributed by atoms with van der Waals surface area (Å²) < 4.78 is 50.7. The summed E-state index contributed by atoms with van der Waals surface area (Å²) in [5, 5.41) is -0.821. The number of ketones is 4. The van der Waals surface area contributed by atoms with E-state index in [0.29, 0.717) is 0 Å². The zero-order chi connectivity index (χ0) is 39.4. The Bertz CT molecular complexity index is 2110. The van der Waals surface area contributed by atoms with Crippen LogP contribution in [0.5, 0.6) is 0 Å². The van der Waals surface area contributed by atoms with Gasteiger partial charge in [-0.15, -0.1) is 0 Å². The van der Waals surface area contributed by atoms with Crippen molar-refractivity contribution in [1.29, 1.82) is 0 Å². The molecule has 272 valence electrons. The van der Waals surface area contributed by atoms with Gasteiger partial charge in [0, 0.05) is 38.9 Å². The standard InChI is InChI=1S/C16H9ClO5S.C15H10O4S.4C2H6/c1-8(18)9-2-4-11-13(6-9)23(21,22)14-7-10(16(17)20)3-5-12(14)15(11)19;1-9(16)10-6-7-12-14(8-10)20(18,19)13-5-3-2-4-11(13)15(12)17;4*1-2/h2-7H,1H3;2-8H,1H3;4*1-2H3. The van der Waals surface area contributed by atoms with E-state index in [2.05, 4.69) is 0 Å². The molecule has 0 saturated heterocycles. The number of hydrogen-bond donors (Lipinski definition) is 0.